The molecule has 0 atom stereocenters. The summed E-state index contributed by atoms with van der Waals surface area (Å²) in [5.74, 6) is 0.114. The van der Waals surface area contributed by atoms with Crippen molar-refractivity contribution in [2.45, 2.75) is 57.0 Å². The number of aryl methyl sites for hydroxylation is 1. The van der Waals surface area contributed by atoms with E-state index in [0.29, 0.717) is 23.2 Å². The van der Waals surface area contributed by atoms with Crippen LogP contribution >= 0.6 is 15.9 Å². The lowest BCUT2D eigenvalue weighted by molar-refractivity contribution is 0.0205. The monoisotopic (exact) mass is 533 g/mol. The number of ether oxygens (including phenoxy) is 1. The van der Waals surface area contributed by atoms with Gasteiger partial charge >= 0.3 is 6.09 Å². The van der Waals surface area contributed by atoms with Crippen LogP contribution in [0.3, 0.4) is 0 Å². The molecule has 3 aromatic rings. The van der Waals surface area contributed by atoms with Gasteiger partial charge in [-0.15, -0.1) is 0 Å². The Bertz CT molecular complexity index is 1290. The molecule has 0 unspecified atom stereocenters. The number of hydrogen-bond acceptors (Lipinski definition) is 5. The number of nitrogens with zero attached hydrogens (tertiary/aromatic N) is 3. The van der Waals surface area contributed by atoms with E-state index in [9.17, 15) is 13.2 Å². The van der Waals surface area contributed by atoms with Gasteiger partial charge in [-0.2, -0.15) is 0 Å². The summed E-state index contributed by atoms with van der Waals surface area (Å²) in [5, 5.41) is 0.810. The van der Waals surface area contributed by atoms with E-state index in [0.717, 1.165) is 29.4 Å². The predicted molar refractivity (Wildman–Crippen MR) is 131 cm³/mol. The van der Waals surface area contributed by atoms with Crippen LogP contribution in [0, 0.1) is 6.92 Å². The molecular formula is C24H28BrN3O4S. The Hall–Kier alpha value is -2.39. The van der Waals surface area contributed by atoms with Gasteiger partial charge in [-0.1, -0.05) is 17.7 Å². The van der Waals surface area contributed by atoms with E-state index in [2.05, 4.69) is 20.9 Å². The number of likely N-dealkylation sites (tertiary alicyclic amines) is 1. The third-order valence-corrected chi connectivity index (χ3v) is 7.94. The highest BCUT2D eigenvalue weighted by atomic mass is 79.9. The Morgan fingerprint density at radius 3 is 2.39 bits per heavy atom. The molecule has 0 N–H and O–H groups in total. The smallest absolute Gasteiger partial charge is 0.410 e. The topological polar surface area (TPSA) is 81.5 Å². The van der Waals surface area contributed by atoms with Gasteiger partial charge in [-0.05, 0) is 86.1 Å². The molecule has 0 aliphatic carbocycles. The van der Waals surface area contributed by atoms with Crippen LogP contribution in [-0.4, -0.2) is 47.1 Å². The van der Waals surface area contributed by atoms with Crippen LogP contribution in [0.5, 0.6) is 0 Å². The summed E-state index contributed by atoms with van der Waals surface area (Å²) < 4.78 is 34.4. The van der Waals surface area contributed by atoms with E-state index < -0.39 is 15.6 Å². The fourth-order valence-electron chi connectivity index (χ4n) is 4.14. The first-order valence-corrected chi connectivity index (χ1v) is 13.2. The number of rotatable bonds is 3. The molecule has 3 heterocycles. The number of halogens is 1. The van der Waals surface area contributed by atoms with E-state index >= 15 is 0 Å². The summed E-state index contributed by atoms with van der Waals surface area (Å²) in [6.07, 6.45) is 4.58. The fraction of sp³-hybridized carbons (Fsp3) is 0.417. The normalized spacial score (nSPS) is 15.7. The zero-order valence-corrected chi connectivity index (χ0v) is 21.6. The van der Waals surface area contributed by atoms with E-state index in [-0.39, 0.29) is 16.9 Å². The van der Waals surface area contributed by atoms with Crippen LogP contribution in [0.2, 0.25) is 0 Å². The van der Waals surface area contributed by atoms with Crippen LogP contribution in [0.15, 0.2) is 52.2 Å². The van der Waals surface area contributed by atoms with E-state index in [1.54, 1.807) is 47.6 Å². The van der Waals surface area contributed by atoms with Crippen molar-refractivity contribution in [2.24, 2.45) is 0 Å². The first-order valence-electron chi connectivity index (χ1n) is 10.9. The molecule has 0 bridgehead atoms. The van der Waals surface area contributed by atoms with Gasteiger partial charge < -0.3 is 9.64 Å². The molecule has 1 saturated heterocycles. The van der Waals surface area contributed by atoms with E-state index in [1.807, 2.05) is 27.7 Å². The minimum atomic E-state index is -3.78. The molecule has 1 amide bonds. The number of amides is 1. The second-order valence-corrected chi connectivity index (χ2v) is 12.1. The lowest BCUT2D eigenvalue weighted by atomic mass is 9.90. The van der Waals surface area contributed by atoms with Gasteiger partial charge in [-0.3, -0.25) is 0 Å². The summed E-state index contributed by atoms with van der Waals surface area (Å²) in [5.41, 5.74) is 1.98. The van der Waals surface area contributed by atoms with E-state index in [4.69, 9.17) is 4.74 Å². The molecule has 1 fully saturated rings. The second-order valence-electron chi connectivity index (χ2n) is 9.46. The van der Waals surface area contributed by atoms with Crippen LogP contribution < -0.4 is 0 Å². The van der Waals surface area contributed by atoms with E-state index in [1.165, 1.54) is 3.97 Å². The van der Waals surface area contributed by atoms with Crippen molar-refractivity contribution in [3.8, 4) is 0 Å². The molecule has 9 heteroatoms. The van der Waals surface area contributed by atoms with Gasteiger partial charge in [0, 0.05) is 30.9 Å². The molecule has 4 rings (SSSR count). The Labute approximate surface area is 202 Å². The molecule has 1 aliphatic heterocycles. The van der Waals surface area contributed by atoms with Crippen LogP contribution in [0.1, 0.15) is 50.7 Å². The number of hydrogen-bond donors (Lipinski definition) is 0. The van der Waals surface area contributed by atoms with Gasteiger partial charge in [0.2, 0.25) is 0 Å². The predicted octanol–water partition coefficient (Wildman–Crippen LogP) is 5.46. The molecule has 1 aliphatic rings. The highest BCUT2D eigenvalue weighted by Crippen LogP contribution is 2.36. The van der Waals surface area contributed by atoms with Gasteiger partial charge in [0.15, 0.2) is 0 Å². The molecule has 0 spiro atoms. The molecular weight excluding hydrogens is 506 g/mol. The third-order valence-electron chi connectivity index (χ3n) is 5.82. The van der Waals surface area contributed by atoms with Crippen LogP contribution in [0.25, 0.3) is 10.9 Å². The minimum absolute atomic E-state index is 0.114. The van der Waals surface area contributed by atoms with Crippen LogP contribution in [-0.2, 0) is 14.8 Å². The number of pyridine rings is 1. The maximum Gasteiger partial charge on any atom is 0.410 e. The molecule has 2 aromatic heterocycles. The Kier molecular flexibility index (Phi) is 6.30. The van der Waals surface area contributed by atoms with Crippen LogP contribution in [0.4, 0.5) is 4.79 Å². The summed E-state index contributed by atoms with van der Waals surface area (Å²) in [6.45, 7) is 8.60. The summed E-state index contributed by atoms with van der Waals surface area (Å²) in [4.78, 5) is 18.7. The second kappa shape index (κ2) is 8.76. The van der Waals surface area contributed by atoms with Crippen molar-refractivity contribution < 1.29 is 17.9 Å². The SMILES string of the molecule is Cc1ccc(S(=O)(=O)n2cc(C3CCN(C(=O)OC(C)(C)C)CC3)c3cnc(Br)cc32)cc1. The zero-order chi connectivity index (χ0) is 24.0. The number of piperidine rings is 1. The summed E-state index contributed by atoms with van der Waals surface area (Å²) in [7, 11) is -3.78. The van der Waals surface area contributed by atoms with Gasteiger partial charge in [0.05, 0.1) is 10.4 Å². The van der Waals surface area contributed by atoms with Crippen molar-refractivity contribution in [3.63, 3.8) is 0 Å². The van der Waals surface area contributed by atoms with Gasteiger partial charge in [0.1, 0.15) is 10.2 Å². The molecule has 7 nitrogen and oxygen atoms in total. The Morgan fingerprint density at radius 1 is 1.15 bits per heavy atom. The number of carbonyl (C=O) groups is 1. The maximum atomic E-state index is 13.5. The molecule has 0 saturated carbocycles. The van der Waals surface area contributed by atoms with Gasteiger partial charge in [-0.25, -0.2) is 22.2 Å². The maximum absolute atomic E-state index is 13.5. The van der Waals surface area contributed by atoms with Crippen molar-refractivity contribution in [1.82, 2.24) is 13.9 Å². The number of carbonyl (C=O) groups excluding carboxylic acids is 1. The van der Waals surface area contributed by atoms with Crippen molar-refractivity contribution in [2.75, 3.05) is 13.1 Å². The number of benzene rings is 1. The zero-order valence-electron chi connectivity index (χ0n) is 19.2. The molecule has 176 valence electrons. The standard InChI is InChI=1S/C24H28BrN3O4S/c1-16-5-7-18(8-6-16)33(30,31)28-15-20(19-14-26-22(25)13-21(19)28)17-9-11-27(12-10-17)23(29)32-24(2,3)4/h5-8,13-15,17H,9-12H2,1-4H3. The minimum Gasteiger partial charge on any atom is -0.444 e. The van der Waals surface area contributed by atoms with Crippen molar-refractivity contribution >= 4 is 42.9 Å². The lowest BCUT2D eigenvalue weighted by Gasteiger charge is -2.33. The summed E-state index contributed by atoms with van der Waals surface area (Å²) >= 11 is 3.37. The quantitative estimate of drug-likeness (QED) is 0.417. The highest BCUT2D eigenvalue weighted by Gasteiger charge is 2.30. The van der Waals surface area contributed by atoms with Crippen molar-refractivity contribution in [3.05, 3.63) is 58.5 Å². The number of aromatic nitrogens is 2. The average Bonchev–Trinajstić information content (AvgIpc) is 3.12. The third kappa shape index (κ3) is 4.94. The summed E-state index contributed by atoms with van der Waals surface area (Å²) in [6, 6.07) is 8.59. The first-order chi connectivity index (χ1) is 15.5. The molecule has 0 radical (unpaired) electrons. The average molecular weight is 534 g/mol. The van der Waals surface area contributed by atoms with Crippen molar-refractivity contribution in [1.29, 1.82) is 0 Å². The highest BCUT2D eigenvalue weighted by molar-refractivity contribution is 9.10. The lowest BCUT2D eigenvalue weighted by Crippen LogP contribution is -2.41. The largest absolute Gasteiger partial charge is 0.444 e. The van der Waals surface area contributed by atoms with Gasteiger partial charge in [0.25, 0.3) is 10.0 Å². The Morgan fingerprint density at radius 2 is 1.79 bits per heavy atom. The Balaban J connectivity index is 1.67. The first kappa shape index (κ1) is 23.8. The fourth-order valence-corrected chi connectivity index (χ4v) is 5.83. The molecule has 33 heavy (non-hydrogen) atoms. The number of fused-ring (bicyclic) bond motifs is 1. The molecule has 1 aromatic carbocycles.